The van der Waals surface area contributed by atoms with Crippen LogP contribution < -0.4 is 16.0 Å². The van der Waals surface area contributed by atoms with Gasteiger partial charge in [0, 0.05) is 30.4 Å². The number of hydrogen-bond acceptors (Lipinski definition) is 3. The third-order valence-corrected chi connectivity index (χ3v) is 4.27. The number of hydrogen-bond donors (Lipinski definition) is 3. The van der Waals surface area contributed by atoms with Crippen LogP contribution in [0.25, 0.3) is 11.0 Å². The van der Waals surface area contributed by atoms with E-state index in [1.807, 2.05) is 45.0 Å². The van der Waals surface area contributed by atoms with Crippen molar-refractivity contribution in [1.29, 1.82) is 0 Å². The highest BCUT2D eigenvalue weighted by atomic mass is 16.2. The Morgan fingerprint density at radius 2 is 1.89 bits per heavy atom. The predicted octanol–water partition coefficient (Wildman–Crippen LogP) is 3.30. The summed E-state index contributed by atoms with van der Waals surface area (Å²) in [5, 5.41) is 8.41. The van der Waals surface area contributed by atoms with Crippen molar-refractivity contribution < 1.29 is 9.59 Å². The summed E-state index contributed by atoms with van der Waals surface area (Å²) in [5.41, 5.74) is 3.07. The summed E-state index contributed by atoms with van der Waals surface area (Å²) in [6, 6.07) is 14.6. The summed E-state index contributed by atoms with van der Waals surface area (Å²) >= 11 is 0. The average molecular weight is 379 g/mol. The van der Waals surface area contributed by atoms with Crippen molar-refractivity contribution in [1.82, 2.24) is 20.2 Å². The number of imidazole rings is 1. The van der Waals surface area contributed by atoms with Gasteiger partial charge in [0.1, 0.15) is 5.82 Å². The molecule has 28 heavy (non-hydrogen) atoms. The van der Waals surface area contributed by atoms with E-state index < -0.39 is 0 Å². The molecule has 0 spiro atoms. The molecule has 3 N–H and O–H groups in total. The molecule has 0 aliphatic carbocycles. The minimum atomic E-state index is -0.296. The number of aryl methyl sites for hydroxylation is 1. The molecule has 3 amide bonds. The van der Waals surface area contributed by atoms with Gasteiger partial charge < -0.3 is 20.5 Å². The third-order valence-electron chi connectivity index (χ3n) is 4.27. The molecule has 0 unspecified atom stereocenters. The van der Waals surface area contributed by atoms with Crippen LogP contribution in [0.4, 0.5) is 10.5 Å². The number of carbonyl (C=O) groups excluding carboxylic acids is 2. The first-order chi connectivity index (χ1) is 13.4. The number of nitrogens with one attached hydrogen (secondary N) is 3. The second kappa shape index (κ2) is 8.56. The summed E-state index contributed by atoms with van der Waals surface area (Å²) < 4.78 is 2.09. The Labute approximate surface area is 164 Å². The van der Waals surface area contributed by atoms with Gasteiger partial charge in [0.2, 0.25) is 0 Å². The molecule has 0 radical (unpaired) electrons. The van der Waals surface area contributed by atoms with Gasteiger partial charge in [-0.1, -0.05) is 18.2 Å². The molecule has 146 valence electrons. The van der Waals surface area contributed by atoms with Crippen LogP contribution in [-0.4, -0.2) is 34.1 Å². The molecular formula is C21H25N5O2. The van der Waals surface area contributed by atoms with E-state index >= 15 is 0 Å². The maximum absolute atomic E-state index is 12.5. The Morgan fingerprint density at radius 3 is 2.68 bits per heavy atom. The summed E-state index contributed by atoms with van der Waals surface area (Å²) in [7, 11) is 0. The molecule has 0 bridgehead atoms. The normalized spacial score (nSPS) is 10.9. The van der Waals surface area contributed by atoms with E-state index in [0.29, 0.717) is 24.3 Å². The van der Waals surface area contributed by atoms with Crippen molar-refractivity contribution in [3.05, 3.63) is 59.9 Å². The number of rotatable bonds is 6. The Morgan fingerprint density at radius 1 is 1.11 bits per heavy atom. The Bertz CT molecular complexity index is 993. The van der Waals surface area contributed by atoms with Gasteiger partial charge >= 0.3 is 6.03 Å². The van der Waals surface area contributed by atoms with Gasteiger partial charge in [0.05, 0.1) is 11.0 Å². The van der Waals surface area contributed by atoms with Gasteiger partial charge in [-0.3, -0.25) is 4.79 Å². The standard InChI is InChI=1S/C21H25N5O2/c1-14(2)23-21(28)25-17-8-6-7-16(13-17)20(27)22-11-12-26-15(3)24-18-9-4-5-10-19(18)26/h4-10,13-14H,11-12H2,1-3H3,(H,22,27)(H2,23,25,28). The van der Waals surface area contributed by atoms with Crippen LogP contribution in [0.15, 0.2) is 48.5 Å². The first-order valence-electron chi connectivity index (χ1n) is 9.31. The first kappa shape index (κ1) is 19.4. The van der Waals surface area contributed by atoms with Gasteiger partial charge in [-0.15, -0.1) is 0 Å². The fourth-order valence-electron chi connectivity index (χ4n) is 3.03. The highest BCUT2D eigenvalue weighted by molar-refractivity contribution is 5.96. The maximum Gasteiger partial charge on any atom is 0.319 e. The molecule has 0 saturated heterocycles. The number of para-hydroxylation sites is 2. The van der Waals surface area contributed by atoms with Gasteiger partial charge in [0.15, 0.2) is 0 Å². The van der Waals surface area contributed by atoms with Crippen LogP contribution in [0, 0.1) is 6.92 Å². The predicted molar refractivity (Wildman–Crippen MR) is 111 cm³/mol. The van der Waals surface area contributed by atoms with Crippen molar-refractivity contribution in [3.8, 4) is 0 Å². The zero-order valence-corrected chi connectivity index (χ0v) is 16.3. The average Bonchev–Trinajstić information content (AvgIpc) is 2.96. The molecule has 0 atom stereocenters. The van der Waals surface area contributed by atoms with E-state index in [1.165, 1.54) is 0 Å². The molecule has 7 heteroatoms. The molecule has 0 fully saturated rings. The zero-order chi connectivity index (χ0) is 20.1. The smallest absolute Gasteiger partial charge is 0.319 e. The lowest BCUT2D eigenvalue weighted by molar-refractivity contribution is 0.0952. The second-order valence-corrected chi connectivity index (χ2v) is 6.89. The zero-order valence-electron chi connectivity index (χ0n) is 16.3. The number of carbonyl (C=O) groups is 2. The summed E-state index contributed by atoms with van der Waals surface area (Å²) in [4.78, 5) is 28.8. The summed E-state index contributed by atoms with van der Waals surface area (Å²) in [5.74, 6) is 0.729. The Balaban J connectivity index is 1.60. The topological polar surface area (TPSA) is 88.1 Å². The number of urea groups is 1. The molecule has 1 heterocycles. The molecule has 3 aromatic rings. The monoisotopic (exact) mass is 379 g/mol. The fraction of sp³-hybridized carbons (Fsp3) is 0.286. The van der Waals surface area contributed by atoms with E-state index in [2.05, 4.69) is 25.5 Å². The van der Waals surface area contributed by atoms with E-state index in [9.17, 15) is 9.59 Å². The summed E-state index contributed by atoms with van der Waals surface area (Å²) in [6.07, 6.45) is 0. The van der Waals surface area contributed by atoms with Crippen LogP contribution in [-0.2, 0) is 6.54 Å². The lowest BCUT2D eigenvalue weighted by Crippen LogP contribution is -2.34. The number of anilines is 1. The summed E-state index contributed by atoms with van der Waals surface area (Å²) in [6.45, 7) is 6.83. The van der Waals surface area contributed by atoms with E-state index in [0.717, 1.165) is 16.9 Å². The van der Waals surface area contributed by atoms with Crippen molar-refractivity contribution in [2.75, 3.05) is 11.9 Å². The number of fused-ring (bicyclic) bond motifs is 1. The second-order valence-electron chi connectivity index (χ2n) is 6.89. The lowest BCUT2D eigenvalue weighted by Gasteiger charge is -2.12. The molecule has 0 aliphatic rings. The molecule has 3 rings (SSSR count). The maximum atomic E-state index is 12.5. The van der Waals surface area contributed by atoms with Crippen LogP contribution in [0.5, 0.6) is 0 Å². The molecular weight excluding hydrogens is 354 g/mol. The highest BCUT2D eigenvalue weighted by Crippen LogP contribution is 2.15. The molecule has 0 aliphatic heterocycles. The van der Waals surface area contributed by atoms with E-state index in [-0.39, 0.29) is 18.0 Å². The lowest BCUT2D eigenvalue weighted by atomic mass is 10.2. The minimum Gasteiger partial charge on any atom is -0.350 e. The van der Waals surface area contributed by atoms with Crippen LogP contribution in [0.1, 0.15) is 30.0 Å². The van der Waals surface area contributed by atoms with Crippen molar-refractivity contribution in [3.63, 3.8) is 0 Å². The Kier molecular flexibility index (Phi) is 5.93. The largest absolute Gasteiger partial charge is 0.350 e. The molecule has 2 aromatic carbocycles. The van der Waals surface area contributed by atoms with E-state index in [1.54, 1.807) is 24.3 Å². The van der Waals surface area contributed by atoms with Crippen LogP contribution >= 0.6 is 0 Å². The van der Waals surface area contributed by atoms with Gasteiger partial charge in [-0.2, -0.15) is 0 Å². The number of benzene rings is 2. The van der Waals surface area contributed by atoms with Gasteiger partial charge in [0.25, 0.3) is 5.91 Å². The number of nitrogens with zero attached hydrogens (tertiary/aromatic N) is 2. The quantitative estimate of drug-likeness (QED) is 0.614. The van der Waals surface area contributed by atoms with Gasteiger partial charge in [-0.25, -0.2) is 9.78 Å². The van der Waals surface area contributed by atoms with E-state index in [4.69, 9.17) is 0 Å². The van der Waals surface area contributed by atoms with Crippen LogP contribution in [0.3, 0.4) is 0 Å². The fourth-order valence-corrected chi connectivity index (χ4v) is 3.03. The number of amides is 3. The Hall–Kier alpha value is -3.35. The molecule has 0 saturated carbocycles. The van der Waals surface area contributed by atoms with Crippen molar-refractivity contribution in [2.24, 2.45) is 0 Å². The molecule has 7 nitrogen and oxygen atoms in total. The number of aromatic nitrogens is 2. The first-order valence-corrected chi connectivity index (χ1v) is 9.31. The minimum absolute atomic E-state index is 0.0363. The van der Waals surface area contributed by atoms with Gasteiger partial charge in [-0.05, 0) is 51.1 Å². The van der Waals surface area contributed by atoms with Crippen molar-refractivity contribution >= 4 is 28.7 Å². The van der Waals surface area contributed by atoms with Crippen LogP contribution in [0.2, 0.25) is 0 Å². The SMILES string of the molecule is Cc1nc2ccccc2n1CCNC(=O)c1cccc(NC(=O)NC(C)C)c1. The van der Waals surface area contributed by atoms with Crippen molar-refractivity contribution in [2.45, 2.75) is 33.4 Å². The highest BCUT2D eigenvalue weighted by Gasteiger charge is 2.10. The third kappa shape index (κ3) is 4.68. The molecule has 1 aromatic heterocycles.